The maximum absolute atomic E-state index is 11.8. The molecule has 1 fully saturated rings. The number of thioether (sulfide) groups is 1. The number of aromatic nitrogens is 2. The van der Waals surface area contributed by atoms with E-state index < -0.39 is 0 Å². The van der Waals surface area contributed by atoms with Crippen LogP contribution in [0.1, 0.15) is 21.5 Å². The summed E-state index contributed by atoms with van der Waals surface area (Å²) in [6.45, 7) is 5.74. The molecule has 4 rings (SSSR count). The predicted octanol–water partition coefficient (Wildman–Crippen LogP) is 4.84. The van der Waals surface area contributed by atoms with Gasteiger partial charge in [-0.3, -0.25) is 0 Å². The molecule has 1 saturated heterocycles. The molecule has 0 radical (unpaired) electrons. The summed E-state index contributed by atoms with van der Waals surface area (Å²) >= 11 is 7.82. The van der Waals surface area contributed by atoms with Crippen molar-refractivity contribution in [2.24, 2.45) is 0 Å². The Morgan fingerprint density at radius 3 is 2.53 bits per heavy atom. The zero-order chi connectivity index (χ0) is 22.5. The number of hydrogen-bond donors (Lipinski definition) is 0. The lowest BCUT2D eigenvalue weighted by Crippen LogP contribution is -2.47. The number of halogens is 1. The molecule has 0 aliphatic carbocycles. The van der Waals surface area contributed by atoms with Gasteiger partial charge in [0.15, 0.2) is 5.16 Å². The first-order chi connectivity index (χ1) is 15.5. The summed E-state index contributed by atoms with van der Waals surface area (Å²) in [5.41, 5.74) is 4.11. The summed E-state index contributed by atoms with van der Waals surface area (Å²) in [7, 11) is 1.38. The van der Waals surface area contributed by atoms with Crippen molar-refractivity contribution in [3.05, 3.63) is 76.4 Å². The number of carbonyl (C=O) groups is 1. The molecule has 1 aliphatic rings. The average molecular weight is 469 g/mol. The smallest absolute Gasteiger partial charge is 0.337 e. The first-order valence-corrected chi connectivity index (χ1v) is 11.8. The number of esters is 1. The van der Waals surface area contributed by atoms with Crippen LogP contribution >= 0.6 is 23.4 Å². The third kappa shape index (κ3) is 5.34. The lowest BCUT2D eigenvalue weighted by Gasteiger charge is -2.37. The minimum absolute atomic E-state index is 0.344. The van der Waals surface area contributed by atoms with Crippen LogP contribution in [0.15, 0.2) is 59.8 Å². The van der Waals surface area contributed by atoms with E-state index in [0.717, 1.165) is 37.6 Å². The summed E-state index contributed by atoms with van der Waals surface area (Å²) in [5.74, 6) is 1.13. The van der Waals surface area contributed by atoms with Crippen molar-refractivity contribution in [2.75, 3.05) is 43.1 Å². The van der Waals surface area contributed by atoms with E-state index in [4.69, 9.17) is 21.3 Å². The monoisotopic (exact) mass is 468 g/mol. The fraction of sp³-hybridized carbons (Fsp3) is 0.292. The maximum atomic E-state index is 11.8. The summed E-state index contributed by atoms with van der Waals surface area (Å²) in [4.78, 5) is 25.6. The van der Waals surface area contributed by atoms with Crippen molar-refractivity contribution in [2.45, 2.75) is 17.8 Å². The molecule has 166 valence electrons. The number of piperazine rings is 1. The zero-order valence-electron chi connectivity index (χ0n) is 18.1. The number of anilines is 2. The number of aryl methyl sites for hydroxylation is 1. The van der Waals surface area contributed by atoms with E-state index in [0.29, 0.717) is 21.6 Å². The van der Waals surface area contributed by atoms with E-state index in [1.165, 1.54) is 30.1 Å². The Labute approximate surface area is 197 Å². The highest BCUT2D eigenvalue weighted by atomic mass is 35.5. The molecule has 1 aliphatic heterocycles. The number of hydrogen-bond acceptors (Lipinski definition) is 7. The van der Waals surface area contributed by atoms with Crippen LogP contribution in [0.5, 0.6) is 0 Å². The highest BCUT2D eigenvalue weighted by Crippen LogP contribution is 2.27. The molecule has 0 saturated carbocycles. The van der Waals surface area contributed by atoms with Gasteiger partial charge in [-0.1, -0.05) is 53.7 Å². The Morgan fingerprint density at radius 1 is 1.03 bits per heavy atom. The largest absolute Gasteiger partial charge is 0.465 e. The summed E-state index contributed by atoms with van der Waals surface area (Å²) in [5, 5.41) is 1.06. The highest BCUT2D eigenvalue weighted by molar-refractivity contribution is 7.98. The van der Waals surface area contributed by atoms with E-state index in [1.807, 2.05) is 24.3 Å². The van der Waals surface area contributed by atoms with Gasteiger partial charge in [0.05, 0.1) is 12.7 Å². The predicted molar refractivity (Wildman–Crippen MR) is 130 cm³/mol. The molecule has 8 heteroatoms. The minimum atomic E-state index is -0.344. The molecule has 6 nitrogen and oxygen atoms in total. The van der Waals surface area contributed by atoms with E-state index in [-0.39, 0.29) is 5.97 Å². The quantitative estimate of drug-likeness (QED) is 0.222. The average Bonchev–Trinajstić information content (AvgIpc) is 2.82. The molecular weight excluding hydrogens is 444 g/mol. The molecule has 0 amide bonds. The number of benzene rings is 2. The van der Waals surface area contributed by atoms with Gasteiger partial charge in [-0.05, 0) is 36.2 Å². The molecule has 1 aromatic heterocycles. The van der Waals surface area contributed by atoms with Crippen LogP contribution in [0.25, 0.3) is 0 Å². The van der Waals surface area contributed by atoms with Gasteiger partial charge < -0.3 is 14.5 Å². The fourth-order valence-electron chi connectivity index (χ4n) is 3.76. The Balaban J connectivity index is 1.41. The lowest BCUT2D eigenvalue weighted by molar-refractivity contribution is 0.0600. The zero-order valence-corrected chi connectivity index (χ0v) is 19.7. The first-order valence-electron chi connectivity index (χ1n) is 10.4. The van der Waals surface area contributed by atoms with Crippen LogP contribution < -0.4 is 9.80 Å². The van der Waals surface area contributed by atoms with Crippen LogP contribution in [-0.2, 0) is 10.5 Å². The SMILES string of the molecule is COC(=O)c1cccc(CSc2nc(Cl)cc(N3CCN(c4ccccc4C)CC3)n2)c1. The fourth-order valence-corrected chi connectivity index (χ4v) is 4.78. The van der Waals surface area contributed by atoms with E-state index in [9.17, 15) is 4.79 Å². The summed E-state index contributed by atoms with van der Waals surface area (Å²) in [6.07, 6.45) is 0. The molecule has 0 spiro atoms. The third-order valence-electron chi connectivity index (χ3n) is 5.44. The van der Waals surface area contributed by atoms with Crippen LogP contribution in [0, 0.1) is 6.92 Å². The molecule has 3 aromatic rings. The molecule has 2 heterocycles. The molecule has 0 bridgehead atoms. The number of rotatable bonds is 6. The van der Waals surface area contributed by atoms with Gasteiger partial charge in [0.25, 0.3) is 0 Å². The van der Waals surface area contributed by atoms with Gasteiger partial charge >= 0.3 is 5.97 Å². The number of nitrogens with zero attached hydrogens (tertiary/aromatic N) is 4. The number of methoxy groups -OCH3 is 1. The third-order valence-corrected chi connectivity index (χ3v) is 6.55. The second-order valence-electron chi connectivity index (χ2n) is 7.57. The van der Waals surface area contributed by atoms with Crippen molar-refractivity contribution in [3.63, 3.8) is 0 Å². The molecule has 32 heavy (non-hydrogen) atoms. The Morgan fingerprint density at radius 2 is 1.78 bits per heavy atom. The second-order valence-corrected chi connectivity index (χ2v) is 8.90. The first kappa shape index (κ1) is 22.4. The topological polar surface area (TPSA) is 58.6 Å². The molecule has 0 unspecified atom stereocenters. The number of para-hydroxylation sites is 1. The number of ether oxygens (including phenoxy) is 1. The van der Waals surface area contributed by atoms with Crippen molar-refractivity contribution in [3.8, 4) is 0 Å². The normalized spacial score (nSPS) is 13.8. The van der Waals surface area contributed by atoms with Gasteiger partial charge in [0, 0.05) is 43.7 Å². The van der Waals surface area contributed by atoms with Gasteiger partial charge in [0.1, 0.15) is 11.0 Å². The minimum Gasteiger partial charge on any atom is -0.465 e. The van der Waals surface area contributed by atoms with Gasteiger partial charge in [-0.25, -0.2) is 14.8 Å². The molecular formula is C24H25ClN4O2S. The van der Waals surface area contributed by atoms with Crippen LogP contribution in [0.4, 0.5) is 11.5 Å². The molecule has 0 N–H and O–H groups in total. The highest BCUT2D eigenvalue weighted by Gasteiger charge is 2.20. The van der Waals surface area contributed by atoms with E-state index in [2.05, 4.69) is 46.0 Å². The van der Waals surface area contributed by atoms with E-state index >= 15 is 0 Å². The Kier molecular flexibility index (Phi) is 7.17. The summed E-state index contributed by atoms with van der Waals surface area (Å²) < 4.78 is 4.80. The summed E-state index contributed by atoms with van der Waals surface area (Å²) in [6, 6.07) is 17.7. The number of carbonyl (C=O) groups excluding carboxylic acids is 1. The van der Waals surface area contributed by atoms with Gasteiger partial charge in [-0.15, -0.1) is 0 Å². The van der Waals surface area contributed by atoms with Gasteiger partial charge in [0.2, 0.25) is 0 Å². The maximum Gasteiger partial charge on any atom is 0.337 e. The van der Waals surface area contributed by atoms with Crippen molar-refractivity contribution in [1.29, 1.82) is 0 Å². The standard InChI is InChI=1S/C24H25ClN4O2S/c1-17-6-3-4-9-20(17)28-10-12-29(13-11-28)22-15-21(25)26-24(27-22)32-16-18-7-5-8-19(14-18)23(30)31-2/h3-9,14-15H,10-13,16H2,1-2H3. The van der Waals surface area contributed by atoms with Crippen LogP contribution in [-0.4, -0.2) is 49.2 Å². The van der Waals surface area contributed by atoms with Crippen molar-refractivity contribution < 1.29 is 9.53 Å². The Bertz CT molecular complexity index is 1100. The second kappa shape index (κ2) is 10.2. The van der Waals surface area contributed by atoms with Crippen LogP contribution in [0.3, 0.4) is 0 Å². The molecule has 2 aromatic carbocycles. The lowest BCUT2D eigenvalue weighted by atomic mass is 10.1. The van der Waals surface area contributed by atoms with E-state index in [1.54, 1.807) is 6.07 Å². The molecule has 0 atom stereocenters. The van der Waals surface area contributed by atoms with Crippen LogP contribution in [0.2, 0.25) is 5.15 Å². The van der Waals surface area contributed by atoms with Gasteiger partial charge in [-0.2, -0.15) is 0 Å². The Hall–Kier alpha value is -2.77. The van der Waals surface area contributed by atoms with Crippen molar-refractivity contribution >= 4 is 40.8 Å². The van der Waals surface area contributed by atoms with Crippen molar-refractivity contribution in [1.82, 2.24) is 9.97 Å².